The summed E-state index contributed by atoms with van der Waals surface area (Å²) in [6.07, 6.45) is 0. The van der Waals surface area contributed by atoms with Crippen LogP contribution in [0.1, 0.15) is 0 Å². The van der Waals surface area contributed by atoms with Crippen LogP contribution in [0.25, 0.3) is 10.4 Å². The summed E-state index contributed by atoms with van der Waals surface area (Å²) >= 11 is 0. The monoisotopic (exact) mass is 178 g/mol. The van der Waals surface area contributed by atoms with E-state index in [9.17, 15) is 0 Å². The van der Waals surface area contributed by atoms with E-state index in [0.717, 1.165) is 0 Å². The summed E-state index contributed by atoms with van der Waals surface area (Å²) in [5, 5.41) is 12.0. The van der Waals surface area contributed by atoms with Crippen LogP contribution >= 0.6 is 0 Å². The van der Waals surface area contributed by atoms with E-state index in [2.05, 4.69) is 0 Å². The van der Waals surface area contributed by atoms with Crippen molar-refractivity contribution in [2.75, 3.05) is 0 Å². The maximum atomic E-state index is 6.86. The quantitative estimate of drug-likeness (QED) is 0.248. The van der Waals surface area contributed by atoms with Crippen molar-refractivity contribution in [2.24, 2.45) is 0 Å². The van der Waals surface area contributed by atoms with Crippen molar-refractivity contribution < 1.29 is 26.2 Å². The summed E-state index contributed by atoms with van der Waals surface area (Å²) in [5.74, 6) is 0. The summed E-state index contributed by atoms with van der Waals surface area (Å²) in [6, 6.07) is 0. The molecule has 7 heteroatoms. The number of nitrogens with one attached hydrogen (secondary N) is 1. The Morgan fingerprint density at radius 3 is 1.43 bits per heavy atom. The van der Waals surface area contributed by atoms with Gasteiger partial charge >= 0.3 is 0 Å². The average molecular weight is 179 g/mol. The Balaban J connectivity index is -0.0000000105. The molecule has 38 valence electrons. The molecule has 0 atom stereocenters. The third-order valence-electron chi connectivity index (χ3n) is 0. The second-order valence-corrected chi connectivity index (χ2v) is 0.100. The molecule has 0 radical (unpaired) electrons. The minimum atomic E-state index is 0. The van der Waals surface area contributed by atoms with Gasteiger partial charge in [-0.2, -0.15) is 0 Å². The van der Waals surface area contributed by atoms with Crippen molar-refractivity contribution in [1.29, 1.82) is 16.3 Å². The van der Waals surface area contributed by atoms with Crippen molar-refractivity contribution in [3.05, 3.63) is 10.4 Å². The van der Waals surface area contributed by atoms with Crippen LogP contribution in [-0.4, -0.2) is 0 Å². The smallest absolute Gasteiger partial charge is 0 e. The fourth-order valence-electron chi connectivity index (χ4n) is 0. The average Bonchev–Trinajstić information content (AvgIpc) is 1.46. The van der Waals surface area contributed by atoms with Crippen LogP contribution in [0.2, 0.25) is 0 Å². The summed E-state index contributed by atoms with van der Waals surface area (Å²) in [5.41, 5.74) is 12.2. The molecule has 0 spiro atoms. The van der Waals surface area contributed by atoms with Gasteiger partial charge in [0.2, 0.25) is 0 Å². The largest absolute Gasteiger partial charge is 0.344 e. The number of hydrogen-bond acceptors (Lipinski definition) is 4. The first-order chi connectivity index (χ1) is 2.41. The molecule has 0 aliphatic carbocycles. The SMILES string of the molecule is N.N#N.[N-]=[N+]=N.[Zr]. The molecule has 0 aliphatic heterocycles. The maximum Gasteiger partial charge on any atom is 0 e. The Kier molecular flexibility index (Phi) is 1560. The molecule has 4 N–H and O–H groups in total. The van der Waals surface area contributed by atoms with Gasteiger partial charge in [0.15, 0.2) is 0 Å². The summed E-state index contributed by atoms with van der Waals surface area (Å²) in [7, 11) is 0. The predicted molar refractivity (Wildman–Crippen MR) is 17.9 cm³/mol. The van der Waals surface area contributed by atoms with Crippen molar-refractivity contribution in [1.82, 2.24) is 6.15 Å². The van der Waals surface area contributed by atoms with Gasteiger partial charge in [0.1, 0.15) is 0 Å². The van der Waals surface area contributed by atoms with Crippen molar-refractivity contribution in [2.45, 2.75) is 0 Å². The Labute approximate surface area is 59.4 Å². The predicted octanol–water partition coefficient (Wildman–Crippen LogP) is 1.07. The topological polar surface area (TPSA) is 143 Å². The summed E-state index contributed by atoms with van der Waals surface area (Å²) < 4.78 is 0. The number of hydrogen-bond donors (Lipinski definition) is 2. The first-order valence-electron chi connectivity index (χ1n) is 0.624. The molecule has 0 unspecified atom stereocenters. The Morgan fingerprint density at radius 2 is 1.43 bits per heavy atom. The zero-order valence-electron chi connectivity index (χ0n) is 3.50. The van der Waals surface area contributed by atoms with Gasteiger partial charge in [-0.25, -0.2) is 0 Å². The third-order valence-corrected chi connectivity index (χ3v) is 0. The van der Waals surface area contributed by atoms with Gasteiger partial charge in [-0.1, -0.05) is 0 Å². The Morgan fingerprint density at radius 1 is 1.43 bits per heavy atom. The molecule has 0 amide bonds. The van der Waals surface area contributed by atoms with E-state index in [4.69, 9.17) is 21.8 Å². The zero-order valence-corrected chi connectivity index (χ0v) is 5.95. The maximum absolute atomic E-state index is 6.86. The first-order valence-corrected chi connectivity index (χ1v) is 0.624. The van der Waals surface area contributed by atoms with Gasteiger partial charge in [0.25, 0.3) is 0 Å². The van der Waals surface area contributed by atoms with Crippen LogP contribution in [0.5, 0.6) is 0 Å². The first kappa shape index (κ1) is 30.8. The van der Waals surface area contributed by atoms with Crippen molar-refractivity contribution in [3.63, 3.8) is 0 Å². The van der Waals surface area contributed by atoms with E-state index >= 15 is 0 Å². The van der Waals surface area contributed by atoms with Crippen LogP contribution < -0.4 is 6.15 Å². The normalized spacial score (nSPS) is 1.43. The van der Waals surface area contributed by atoms with Crippen LogP contribution in [0, 0.1) is 16.3 Å². The van der Waals surface area contributed by atoms with Crippen LogP contribution in [0.15, 0.2) is 0 Å². The Bertz CT molecular complexity index is 46.4. The number of rotatable bonds is 0. The molecule has 7 heavy (non-hydrogen) atoms. The van der Waals surface area contributed by atoms with Crippen molar-refractivity contribution in [3.8, 4) is 0 Å². The fraction of sp³-hybridized carbons (Fsp3) is 0. The molecule has 0 rings (SSSR count). The molecule has 0 aromatic rings. The standard InChI is InChI=1S/HN3.N2.H3N.Zr/c1-3-2;1-2;;/h1H;;1H3;. The molecule has 0 saturated heterocycles. The van der Waals surface area contributed by atoms with Gasteiger partial charge in [-0.05, 0) is 10.4 Å². The molecular weight excluding hydrogens is 175 g/mol. The molecule has 0 saturated carbocycles. The van der Waals surface area contributed by atoms with Gasteiger partial charge in [0, 0.05) is 37.0 Å². The molecule has 0 aliphatic rings. The second-order valence-electron chi connectivity index (χ2n) is 0.100. The third kappa shape index (κ3) is 390. The molecular formula is H4N6Zr. The number of nitrogens with zero attached hydrogens (tertiary/aromatic N) is 4. The van der Waals surface area contributed by atoms with Gasteiger partial charge in [-0.15, -0.1) is 5.53 Å². The van der Waals surface area contributed by atoms with Crippen LogP contribution in [0.4, 0.5) is 0 Å². The molecule has 0 fully saturated rings. The fourth-order valence-corrected chi connectivity index (χ4v) is 0. The van der Waals surface area contributed by atoms with Gasteiger partial charge in [0.05, 0.1) is 0 Å². The molecule has 0 heterocycles. The van der Waals surface area contributed by atoms with Gasteiger partial charge < -0.3 is 6.15 Å². The molecule has 0 aromatic carbocycles. The van der Waals surface area contributed by atoms with E-state index in [1.54, 1.807) is 4.91 Å². The summed E-state index contributed by atoms with van der Waals surface area (Å²) in [6.45, 7) is 0. The van der Waals surface area contributed by atoms with E-state index in [1.807, 2.05) is 0 Å². The van der Waals surface area contributed by atoms with E-state index in [0.29, 0.717) is 0 Å². The van der Waals surface area contributed by atoms with E-state index in [-0.39, 0.29) is 32.4 Å². The minimum absolute atomic E-state index is 0. The van der Waals surface area contributed by atoms with Crippen LogP contribution in [0.3, 0.4) is 0 Å². The summed E-state index contributed by atoms with van der Waals surface area (Å²) in [4.78, 5) is 1.75. The molecule has 0 aromatic heterocycles. The Hall–Kier alpha value is -0.427. The van der Waals surface area contributed by atoms with Crippen molar-refractivity contribution >= 4 is 0 Å². The zero-order chi connectivity index (χ0) is 4.71. The minimum Gasteiger partial charge on any atom is -0.344 e. The molecule has 0 bridgehead atoms. The second kappa shape index (κ2) is 355. The molecule has 6 nitrogen and oxygen atoms in total. The van der Waals surface area contributed by atoms with Gasteiger partial charge in [-0.3, -0.25) is 0 Å². The van der Waals surface area contributed by atoms with E-state index < -0.39 is 0 Å². The van der Waals surface area contributed by atoms with E-state index in [1.165, 1.54) is 0 Å². The van der Waals surface area contributed by atoms with Crippen LogP contribution in [-0.2, 0) is 26.2 Å².